The normalized spacial score (nSPS) is 13.8. The van der Waals surface area contributed by atoms with Crippen LogP contribution in [0.15, 0.2) is 36.4 Å². The van der Waals surface area contributed by atoms with E-state index >= 15 is 0 Å². The summed E-state index contributed by atoms with van der Waals surface area (Å²) in [5.74, 6) is 0.251. The summed E-state index contributed by atoms with van der Waals surface area (Å²) in [6.45, 7) is 0. The lowest BCUT2D eigenvalue weighted by molar-refractivity contribution is 0.471. The summed E-state index contributed by atoms with van der Waals surface area (Å²) in [5, 5.41) is 21.1. The third-order valence-electron chi connectivity index (χ3n) is 4.91. The summed E-state index contributed by atoms with van der Waals surface area (Å²) < 4.78 is 0. The van der Waals surface area contributed by atoms with Crippen molar-refractivity contribution in [3.8, 4) is 11.5 Å². The van der Waals surface area contributed by atoms with Gasteiger partial charge in [0.05, 0.1) is 22.4 Å². The lowest BCUT2D eigenvalue weighted by Gasteiger charge is -1.93. The zero-order valence-corrected chi connectivity index (χ0v) is 14.1. The summed E-state index contributed by atoms with van der Waals surface area (Å²) >= 11 is 0. The number of nitrogens with one attached hydrogen (secondary N) is 2. The second-order valence-corrected chi connectivity index (χ2v) is 6.74. The van der Waals surface area contributed by atoms with Crippen molar-refractivity contribution >= 4 is 22.1 Å². The molecule has 4 N–H and O–H groups in total. The molecular formula is C20H18N4O2. The minimum absolute atomic E-state index is 0.126. The van der Waals surface area contributed by atoms with E-state index in [1.165, 1.54) is 0 Å². The molecule has 2 aliphatic rings. The molecule has 3 aromatic rings. The minimum Gasteiger partial charge on any atom is -0.504 e. The number of hydrogen-bond acceptors (Lipinski definition) is 4. The SMILES string of the molecule is Oc1c2nc(c(O)c3ccc(cc4nc(cc5ccc1[nH]5)CC4)[nH]3)CC2. The number of aryl methyl sites for hydroxylation is 4. The first-order chi connectivity index (χ1) is 12.7. The van der Waals surface area contributed by atoms with Crippen LogP contribution < -0.4 is 0 Å². The average molecular weight is 346 g/mol. The zero-order chi connectivity index (χ0) is 17.7. The molecular weight excluding hydrogens is 328 g/mol. The van der Waals surface area contributed by atoms with Gasteiger partial charge in [-0.15, -0.1) is 0 Å². The van der Waals surface area contributed by atoms with Gasteiger partial charge in [-0.25, -0.2) is 4.98 Å². The van der Waals surface area contributed by atoms with Gasteiger partial charge in [-0.1, -0.05) is 0 Å². The van der Waals surface area contributed by atoms with Crippen LogP contribution in [0, 0.1) is 0 Å². The van der Waals surface area contributed by atoms with Gasteiger partial charge in [-0.05, 0) is 62.1 Å². The Kier molecular flexibility index (Phi) is 3.25. The van der Waals surface area contributed by atoms with Crippen molar-refractivity contribution in [1.82, 2.24) is 19.9 Å². The third-order valence-corrected chi connectivity index (χ3v) is 4.91. The fraction of sp³-hybridized carbons (Fsp3) is 0.200. The maximum absolute atomic E-state index is 10.6. The number of aromatic hydroxyl groups is 2. The number of fused-ring (bicyclic) bond motifs is 8. The van der Waals surface area contributed by atoms with Crippen molar-refractivity contribution in [2.24, 2.45) is 0 Å². The Labute approximate surface area is 149 Å². The quantitative estimate of drug-likeness (QED) is 0.502. The molecule has 2 aliphatic heterocycles. The summed E-state index contributed by atoms with van der Waals surface area (Å²) in [7, 11) is 0. The van der Waals surface area contributed by atoms with Gasteiger partial charge in [0.2, 0.25) is 0 Å². The molecule has 0 fully saturated rings. The van der Waals surface area contributed by atoms with E-state index in [0.29, 0.717) is 35.3 Å². The second kappa shape index (κ2) is 5.62. The molecule has 0 aromatic carbocycles. The standard InChI is InChI=1S/C20H18N4O2/c25-19-15-5-3-13(22-15)9-11-1-2-12(21-11)10-14-4-6-16(23-14)20(26)18-8-7-17(19)24-18/h3-6,9-10,22-23,25-26H,1-2,7-8H2. The highest BCUT2D eigenvalue weighted by atomic mass is 16.3. The average Bonchev–Trinajstić information content (AvgIpc) is 3.41. The van der Waals surface area contributed by atoms with Gasteiger partial charge < -0.3 is 20.2 Å². The molecule has 5 heterocycles. The van der Waals surface area contributed by atoms with E-state index < -0.39 is 0 Å². The van der Waals surface area contributed by atoms with Gasteiger partial charge >= 0.3 is 0 Å². The molecule has 6 heteroatoms. The molecule has 0 saturated carbocycles. The maximum atomic E-state index is 10.6. The number of H-pyrrole nitrogens is 2. The van der Waals surface area contributed by atoms with Gasteiger partial charge in [-0.3, -0.25) is 4.98 Å². The van der Waals surface area contributed by atoms with Gasteiger partial charge in [0, 0.05) is 22.4 Å². The monoisotopic (exact) mass is 346 g/mol. The van der Waals surface area contributed by atoms with Crippen molar-refractivity contribution < 1.29 is 10.2 Å². The third kappa shape index (κ3) is 2.50. The summed E-state index contributed by atoms with van der Waals surface area (Å²) in [6.07, 6.45) is 2.94. The highest BCUT2D eigenvalue weighted by Gasteiger charge is 2.16. The van der Waals surface area contributed by atoms with Crippen LogP contribution in [-0.2, 0) is 25.7 Å². The van der Waals surface area contributed by atoms with Crippen molar-refractivity contribution in [1.29, 1.82) is 0 Å². The molecule has 0 atom stereocenters. The van der Waals surface area contributed by atoms with Gasteiger partial charge in [0.25, 0.3) is 0 Å². The Bertz CT molecular complexity index is 1080. The van der Waals surface area contributed by atoms with Gasteiger partial charge in [0.15, 0.2) is 11.5 Å². The van der Waals surface area contributed by atoms with Crippen molar-refractivity contribution in [2.75, 3.05) is 0 Å². The highest BCUT2D eigenvalue weighted by Crippen LogP contribution is 2.29. The first-order valence-corrected chi connectivity index (χ1v) is 8.73. The van der Waals surface area contributed by atoms with Gasteiger partial charge in [-0.2, -0.15) is 0 Å². The predicted octanol–water partition coefficient (Wildman–Crippen LogP) is 3.30. The van der Waals surface area contributed by atoms with E-state index in [0.717, 1.165) is 35.3 Å². The number of hydrogen-bond donors (Lipinski definition) is 4. The van der Waals surface area contributed by atoms with Crippen molar-refractivity contribution in [3.05, 3.63) is 59.2 Å². The topological polar surface area (TPSA) is 97.8 Å². The molecule has 3 aromatic heterocycles. The highest BCUT2D eigenvalue weighted by molar-refractivity contribution is 5.69. The molecule has 5 rings (SSSR count). The summed E-state index contributed by atoms with van der Waals surface area (Å²) in [5.41, 5.74) is 6.23. The lowest BCUT2D eigenvalue weighted by Crippen LogP contribution is -1.81. The largest absolute Gasteiger partial charge is 0.504 e. The van der Waals surface area contributed by atoms with E-state index in [9.17, 15) is 10.2 Å². The summed E-state index contributed by atoms with van der Waals surface area (Å²) in [6, 6.07) is 11.6. The van der Waals surface area contributed by atoms with E-state index in [2.05, 4.69) is 19.9 Å². The molecule has 0 radical (unpaired) electrons. The fourth-order valence-electron chi connectivity index (χ4n) is 3.55. The van der Waals surface area contributed by atoms with E-state index in [-0.39, 0.29) is 11.5 Å². The van der Waals surface area contributed by atoms with Crippen LogP contribution in [0.5, 0.6) is 11.5 Å². The second-order valence-electron chi connectivity index (χ2n) is 6.74. The zero-order valence-electron chi connectivity index (χ0n) is 14.1. The van der Waals surface area contributed by atoms with Crippen LogP contribution in [-0.4, -0.2) is 30.1 Å². The van der Waals surface area contributed by atoms with Crippen molar-refractivity contribution in [3.63, 3.8) is 0 Å². The fourth-order valence-corrected chi connectivity index (χ4v) is 3.55. The minimum atomic E-state index is 0.126. The van der Waals surface area contributed by atoms with Gasteiger partial charge in [0.1, 0.15) is 0 Å². The Balaban J connectivity index is 1.88. The number of nitrogens with zero attached hydrogens (tertiary/aromatic N) is 2. The van der Waals surface area contributed by atoms with Crippen LogP contribution in [0.1, 0.15) is 22.8 Å². The Morgan fingerprint density at radius 1 is 0.654 bits per heavy atom. The van der Waals surface area contributed by atoms with Crippen LogP contribution >= 0.6 is 0 Å². The predicted molar refractivity (Wildman–Crippen MR) is 99.1 cm³/mol. The lowest BCUT2D eigenvalue weighted by atomic mass is 10.2. The molecule has 0 spiro atoms. The molecule has 6 nitrogen and oxygen atoms in total. The molecule has 0 unspecified atom stereocenters. The Hall–Kier alpha value is -3.28. The smallest absolute Gasteiger partial charge is 0.160 e. The van der Waals surface area contributed by atoms with Crippen LogP contribution in [0.2, 0.25) is 0 Å². The van der Waals surface area contributed by atoms with E-state index in [1.54, 1.807) is 0 Å². The number of rotatable bonds is 0. The number of aromatic nitrogens is 4. The van der Waals surface area contributed by atoms with Crippen LogP contribution in [0.25, 0.3) is 22.1 Å². The molecule has 26 heavy (non-hydrogen) atoms. The van der Waals surface area contributed by atoms with Crippen molar-refractivity contribution in [2.45, 2.75) is 25.7 Å². The molecule has 0 amide bonds. The summed E-state index contributed by atoms with van der Waals surface area (Å²) in [4.78, 5) is 15.6. The first-order valence-electron chi connectivity index (χ1n) is 8.73. The first kappa shape index (κ1) is 15.0. The number of aromatic amines is 2. The maximum Gasteiger partial charge on any atom is 0.160 e. The van der Waals surface area contributed by atoms with E-state index in [4.69, 9.17) is 0 Å². The molecule has 0 aliphatic carbocycles. The molecule has 8 bridgehead atoms. The van der Waals surface area contributed by atoms with E-state index in [1.807, 2.05) is 36.4 Å². The van der Waals surface area contributed by atoms with Crippen LogP contribution in [0.3, 0.4) is 0 Å². The molecule has 130 valence electrons. The molecule has 0 saturated heterocycles. The Morgan fingerprint density at radius 2 is 1.15 bits per heavy atom. The Morgan fingerprint density at radius 3 is 1.65 bits per heavy atom. The van der Waals surface area contributed by atoms with Crippen LogP contribution in [0.4, 0.5) is 0 Å².